The Morgan fingerprint density at radius 3 is 2.50 bits per heavy atom. The minimum atomic E-state index is -1.11. The molecule has 0 bridgehead atoms. The normalized spacial score (nSPS) is 17.1. The summed E-state index contributed by atoms with van der Waals surface area (Å²) in [6, 6.07) is 9.91. The third-order valence-corrected chi connectivity index (χ3v) is 5.41. The fourth-order valence-electron chi connectivity index (χ4n) is 3.65. The van der Waals surface area contributed by atoms with Gasteiger partial charge in [0.2, 0.25) is 0 Å². The molecule has 2 aliphatic rings. The number of carbonyl (C=O) groups is 3. The van der Waals surface area contributed by atoms with E-state index in [1.165, 1.54) is 4.90 Å². The predicted octanol–water partition coefficient (Wildman–Crippen LogP) is 3.47. The van der Waals surface area contributed by atoms with E-state index in [1.54, 1.807) is 55.1 Å². The van der Waals surface area contributed by atoms with Crippen molar-refractivity contribution in [3.8, 4) is 11.5 Å². The van der Waals surface area contributed by atoms with Crippen molar-refractivity contribution in [2.24, 2.45) is 0 Å². The predicted molar refractivity (Wildman–Crippen MR) is 113 cm³/mol. The van der Waals surface area contributed by atoms with Crippen molar-refractivity contribution in [2.45, 2.75) is 26.4 Å². The first-order valence-electron chi connectivity index (χ1n) is 9.62. The van der Waals surface area contributed by atoms with Crippen molar-refractivity contribution in [2.75, 3.05) is 29.5 Å². The molecule has 2 aliphatic heterocycles. The summed E-state index contributed by atoms with van der Waals surface area (Å²) in [6.45, 7) is 5.43. The van der Waals surface area contributed by atoms with E-state index < -0.39 is 5.60 Å². The van der Waals surface area contributed by atoms with Crippen LogP contribution in [0.4, 0.5) is 11.4 Å². The Bertz CT molecular complexity index is 1070. The van der Waals surface area contributed by atoms with Crippen LogP contribution in [0.5, 0.6) is 11.5 Å². The highest BCUT2D eigenvalue weighted by atomic mass is 35.5. The van der Waals surface area contributed by atoms with E-state index in [9.17, 15) is 14.4 Å². The number of ketones is 1. The van der Waals surface area contributed by atoms with Crippen molar-refractivity contribution in [3.05, 3.63) is 47.0 Å². The van der Waals surface area contributed by atoms with Crippen LogP contribution in [0.2, 0.25) is 5.02 Å². The number of anilines is 2. The van der Waals surface area contributed by atoms with Crippen LogP contribution in [0, 0.1) is 0 Å². The van der Waals surface area contributed by atoms with Gasteiger partial charge in [0.15, 0.2) is 18.0 Å². The second-order valence-electron chi connectivity index (χ2n) is 7.65. The molecule has 2 aromatic rings. The van der Waals surface area contributed by atoms with E-state index in [4.69, 9.17) is 21.1 Å². The number of likely N-dealkylation sites (N-methyl/N-ethyl adjacent to an activating group) is 1. The molecule has 0 spiro atoms. The van der Waals surface area contributed by atoms with Crippen LogP contribution < -0.4 is 19.3 Å². The lowest BCUT2D eigenvalue weighted by atomic mass is 10.0. The zero-order chi connectivity index (χ0) is 21.6. The van der Waals surface area contributed by atoms with E-state index in [2.05, 4.69) is 0 Å². The van der Waals surface area contributed by atoms with Crippen molar-refractivity contribution in [1.82, 2.24) is 0 Å². The fraction of sp³-hybridized carbons (Fsp3) is 0.318. The molecule has 8 heteroatoms. The summed E-state index contributed by atoms with van der Waals surface area (Å²) in [5.41, 5.74) is 0.269. The second kappa shape index (κ2) is 7.32. The van der Waals surface area contributed by atoms with E-state index in [0.717, 1.165) is 0 Å². The first-order chi connectivity index (χ1) is 14.2. The lowest BCUT2D eigenvalue weighted by Gasteiger charge is -2.38. The quantitative estimate of drug-likeness (QED) is 0.697. The Morgan fingerprint density at radius 2 is 1.77 bits per heavy atom. The minimum Gasteiger partial charge on any atom is -0.482 e. The smallest absolute Gasteiger partial charge is 0.271 e. The van der Waals surface area contributed by atoms with Gasteiger partial charge in [0.25, 0.3) is 11.8 Å². The lowest BCUT2D eigenvalue weighted by Crippen LogP contribution is -2.53. The van der Waals surface area contributed by atoms with Crippen LogP contribution >= 0.6 is 11.6 Å². The maximum absolute atomic E-state index is 13.1. The maximum atomic E-state index is 13.1. The van der Waals surface area contributed by atoms with Gasteiger partial charge in [-0.3, -0.25) is 19.3 Å². The molecule has 0 aliphatic carbocycles. The number of nitrogens with zero attached hydrogens (tertiary/aromatic N) is 2. The zero-order valence-corrected chi connectivity index (χ0v) is 17.7. The maximum Gasteiger partial charge on any atom is 0.271 e. The van der Waals surface area contributed by atoms with Crippen LogP contribution in [-0.2, 0) is 9.59 Å². The van der Waals surface area contributed by atoms with Gasteiger partial charge < -0.3 is 14.4 Å². The highest BCUT2D eigenvalue weighted by molar-refractivity contribution is 6.31. The lowest BCUT2D eigenvalue weighted by molar-refractivity contribution is -0.132. The van der Waals surface area contributed by atoms with Gasteiger partial charge in [-0.05, 0) is 57.2 Å². The number of hydrogen-bond acceptors (Lipinski definition) is 5. The highest BCUT2D eigenvalue weighted by Gasteiger charge is 2.41. The number of Topliss-reactive ketones (excluding diaryl/α,β-unsaturated/α-hetero) is 1. The molecular formula is C22H21ClN2O5. The molecule has 7 nitrogen and oxygen atoms in total. The first kappa shape index (κ1) is 20.2. The number of ether oxygens (including phenoxy) is 2. The number of benzene rings is 2. The first-order valence-corrected chi connectivity index (χ1v) is 10.00. The van der Waals surface area contributed by atoms with Crippen molar-refractivity contribution in [3.63, 3.8) is 0 Å². The molecule has 0 saturated carbocycles. The molecule has 4 rings (SSSR count). The fourth-order valence-corrected chi connectivity index (χ4v) is 3.82. The number of carbonyl (C=O) groups excluding carboxylic acids is 3. The largest absolute Gasteiger partial charge is 0.482 e. The molecule has 0 aromatic heterocycles. The van der Waals surface area contributed by atoms with Crippen LogP contribution in [0.15, 0.2) is 36.4 Å². The molecule has 0 N–H and O–H groups in total. The molecule has 2 aromatic carbocycles. The third kappa shape index (κ3) is 3.39. The summed E-state index contributed by atoms with van der Waals surface area (Å²) in [7, 11) is 0. The number of amides is 2. The van der Waals surface area contributed by atoms with E-state index >= 15 is 0 Å². The van der Waals surface area contributed by atoms with E-state index in [1.807, 2.05) is 6.92 Å². The van der Waals surface area contributed by atoms with E-state index in [-0.39, 0.29) is 30.7 Å². The van der Waals surface area contributed by atoms with Gasteiger partial charge in [-0.15, -0.1) is 0 Å². The van der Waals surface area contributed by atoms with Crippen LogP contribution in [0.1, 0.15) is 31.1 Å². The summed E-state index contributed by atoms with van der Waals surface area (Å²) in [4.78, 5) is 41.2. The van der Waals surface area contributed by atoms with Gasteiger partial charge in [-0.2, -0.15) is 0 Å². The molecule has 0 saturated heterocycles. The van der Waals surface area contributed by atoms with Gasteiger partial charge in [-0.1, -0.05) is 11.6 Å². The third-order valence-electron chi connectivity index (χ3n) is 5.18. The number of fused-ring (bicyclic) bond motifs is 2. The summed E-state index contributed by atoms with van der Waals surface area (Å²) >= 11 is 6.11. The van der Waals surface area contributed by atoms with Crippen molar-refractivity contribution >= 4 is 40.6 Å². The van der Waals surface area contributed by atoms with Crippen LogP contribution in [0.3, 0.4) is 0 Å². The average molecular weight is 429 g/mol. The van der Waals surface area contributed by atoms with Crippen LogP contribution in [0.25, 0.3) is 0 Å². The highest BCUT2D eigenvalue weighted by Crippen LogP contribution is 2.40. The summed E-state index contributed by atoms with van der Waals surface area (Å²) < 4.78 is 11.3. The Labute approximate surface area is 179 Å². The van der Waals surface area contributed by atoms with Crippen molar-refractivity contribution in [1.29, 1.82) is 0 Å². The zero-order valence-electron chi connectivity index (χ0n) is 16.9. The SMILES string of the molecule is CCN1C(=O)COc2ccc(C(=O)CN3C(=O)C(C)(C)Oc4ccc(Cl)cc43)cc21. The van der Waals surface area contributed by atoms with Gasteiger partial charge >= 0.3 is 0 Å². The summed E-state index contributed by atoms with van der Waals surface area (Å²) in [5.74, 6) is 0.261. The van der Waals surface area contributed by atoms with Gasteiger partial charge in [0, 0.05) is 17.1 Å². The number of rotatable bonds is 4. The molecule has 30 heavy (non-hydrogen) atoms. The van der Waals surface area contributed by atoms with Crippen LogP contribution in [-0.4, -0.2) is 42.9 Å². The Balaban J connectivity index is 1.67. The van der Waals surface area contributed by atoms with Gasteiger partial charge in [0.05, 0.1) is 17.9 Å². The molecule has 2 heterocycles. The molecule has 156 valence electrons. The summed E-state index contributed by atoms with van der Waals surface area (Å²) in [6.07, 6.45) is 0. The molecule has 0 unspecified atom stereocenters. The molecule has 0 fully saturated rings. The van der Waals surface area contributed by atoms with Gasteiger partial charge in [-0.25, -0.2) is 0 Å². The van der Waals surface area contributed by atoms with E-state index in [0.29, 0.717) is 40.0 Å². The Kier molecular flexibility index (Phi) is 4.94. The molecule has 0 atom stereocenters. The molecule has 0 radical (unpaired) electrons. The second-order valence-corrected chi connectivity index (χ2v) is 8.08. The summed E-state index contributed by atoms with van der Waals surface area (Å²) in [5, 5.41) is 0.435. The average Bonchev–Trinajstić information content (AvgIpc) is 2.71. The number of halogens is 1. The Hall–Kier alpha value is -3.06. The standard InChI is InChI=1S/C22H21ClN2O5/c1-4-24-15-9-13(5-7-18(15)29-12-20(24)27)17(26)11-25-16-10-14(23)6-8-19(16)30-22(2,3)21(25)28/h5-10H,4,11-12H2,1-3H3. The monoisotopic (exact) mass is 428 g/mol. The minimum absolute atomic E-state index is 0.0248. The number of hydrogen-bond donors (Lipinski definition) is 0. The van der Waals surface area contributed by atoms with Gasteiger partial charge in [0.1, 0.15) is 11.5 Å². The topological polar surface area (TPSA) is 76.2 Å². The van der Waals surface area contributed by atoms with Crippen molar-refractivity contribution < 1.29 is 23.9 Å². The molecular weight excluding hydrogens is 408 g/mol. The Morgan fingerprint density at radius 1 is 1.07 bits per heavy atom. The molecule has 2 amide bonds.